The van der Waals surface area contributed by atoms with Crippen LogP contribution in [0.15, 0.2) is 78.0 Å². The quantitative estimate of drug-likeness (QED) is 0.590. The van der Waals surface area contributed by atoms with E-state index in [-0.39, 0.29) is 10.8 Å². The molecule has 1 atom stereocenters. The van der Waals surface area contributed by atoms with Gasteiger partial charge in [0.25, 0.3) is 15.9 Å². The Morgan fingerprint density at radius 2 is 1.72 bits per heavy atom. The second kappa shape index (κ2) is 8.93. The third-order valence-electron chi connectivity index (χ3n) is 3.84. The van der Waals surface area contributed by atoms with Gasteiger partial charge >= 0.3 is 0 Å². The van der Waals surface area contributed by atoms with Crippen molar-refractivity contribution in [3.63, 3.8) is 0 Å². The van der Waals surface area contributed by atoms with Crippen LogP contribution < -0.4 is 14.8 Å². The summed E-state index contributed by atoms with van der Waals surface area (Å²) in [6, 6.07) is 15.7. The molecule has 0 bridgehead atoms. The first-order valence-corrected chi connectivity index (χ1v) is 10.5. The third-order valence-corrected chi connectivity index (χ3v) is 5.49. The Kier molecular flexibility index (Phi) is 6.36. The Bertz CT molecular complexity index is 1070. The second-order valence-electron chi connectivity index (χ2n) is 6.07. The summed E-state index contributed by atoms with van der Waals surface area (Å²) in [4.78, 5) is 16.2. The molecule has 0 saturated carbocycles. The van der Waals surface area contributed by atoms with Crippen molar-refractivity contribution in [2.45, 2.75) is 17.9 Å². The van der Waals surface area contributed by atoms with Gasteiger partial charge < -0.3 is 10.1 Å². The average molecular weight is 432 g/mol. The minimum absolute atomic E-state index is 0.0600. The number of benzene rings is 2. The molecule has 1 unspecified atom stereocenters. The van der Waals surface area contributed by atoms with Gasteiger partial charge in [0.2, 0.25) is 0 Å². The van der Waals surface area contributed by atoms with E-state index in [9.17, 15) is 13.2 Å². The van der Waals surface area contributed by atoms with Crippen molar-refractivity contribution >= 4 is 38.9 Å². The zero-order chi connectivity index (χ0) is 20.9. The highest BCUT2D eigenvalue weighted by atomic mass is 35.5. The molecule has 0 radical (unpaired) electrons. The Balaban J connectivity index is 1.62. The maximum absolute atomic E-state index is 12.4. The van der Waals surface area contributed by atoms with Gasteiger partial charge in [-0.3, -0.25) is 14.5 Å². The molecular formula is C20H18ClN3O4S. The van der Waals surface area contributed by atoms with Crippen LogP contribution in [0.4, 0.5) is 11.4 Å². The summed E-state index contributed by atoms with van der Waals surface area (Å²) < 4.78 is 32.8. The number of hydrogen-bond donors (Lipinski definition) is 2. The largest absolute Gasteiger partial charge is 0.481 e. The summed E-state index contributed by atoms with van der Waals surface area (Å²) in [6.07, 6.45) is 2.20. The minimum Gasteiger partial charge on any atom is -0.481 e. The molecular weight excluding hydrogens is 414 g/mol. The van der Waals surface area contributed by atoms with Gasteiger partial charge in [0.05, 0.1) is 16.8 Å². The van der Waals surface area contributed by atoms with Crippen LogP contribution >= 0.6 is 11.6 Å². The molecule has 0 saturated heterocycles. The first-order chi connectivity index (χ1) is 13.8. The minimum atomic E-state index is -3.76. The van der Waals surface area contributed by atoms with Crippen LogP contribution in [0.2, 0.25) is 5.02 Å². The summed E-state index contributed by atoms with van der Waals surface area (Å²) in [5.41, 5.74) is 0.805. The number of pyridine rings is 1. The number of carbonyl (C=O) groups excluding carboxylic acids is 1. The molecule has 1 aromatic heterocycles. The van der Waals surface area contributed by atoms with Gasteiger partial charge in [0.1, 0.15) is 5.75 Å². The molecule has 0 aliphatic heterocycles. The topological polar surface area (TPSA) is 97.4 Å². The Labute approximate surface area is 173 Å². The van der Waals surface area contributed by atoms with E-state index in [1.54, 1.807) is 49.5 Å². The van der Waals surface area contributed by atoms with E-state index in [1.165, 1.54) is 30.5 Å². The van der Waals surface area contributed by atoms with Gasteiger partial charge in [0, 0.05) is 16.9 Å². The number of anilines is 2. The second-order valence-corrected chi connectivity index (χ2v) is 8.19. The number of carbonyl (C=O) groups is 1. The van der Waals surface area contributed by atoms with Crippen molar-refractivity contribution in [2.24, 2.45) is 0 Å². The fourth-order valence-corrected chi connectivity index (χ4v) is 3.54. The van der Waals surface area contributed by atoms with E-state index in [1.807, 2.05) is 0 Å². The number of halogens is 1. The van der Waals surface area contributed by atoms with Crippen molar-refractivity contribution in [3.05, 3.63) is 78.1 Å². The summed E-state index contributed by atoms with van der Waals surface area (Å²) in [5.74, 6) is 0.143. The Hall–Kier alpha value is -3.10. The smallest absolute Gasteiger partial charge is 0.265 e. The molecule has 3 rings (SSSR count). The number of nitrogens with zero attached hydrogens (tertiary/aromatic N) is 1. The Morgan fingerprint density at radius 3 is 2.34 bits per heavy atom. The van der Waals surface area contributed by atoms with E-state index < -0.39 is 16.1 Å². The number of hydrogen-bond acceptors (Lipinski definition) is 5. The SMILES string of the molecule is CC(Oc1ccc(Cl)cc1)C(=O)Nc1ccc(S(=O)(=O)Nc2cccnc2)cc1. The molecule has 0 aliphatic carbocycles. The molecule has 0 spiro atoms. The van der Waals surface area contributed by atoms with Crippen molar-refractivity contribution in [3.8, 4) is 5.75 Å². The maximum Gasteiger partial charge on any atom is 0.265 e. The van der Waals surface area contributed by atoms with Gasteiger partial charge in [0.15, 0.2) is 6.10 Å². The normalized spacial score (nSPS) is 12.1. The lowest BCUT2D eigenvalue weighted by atomic mass is 10.3. The number of rotatable bonds is 7. The summed E-state index contributed by atoms with van der Waals surface area (Å²) in [5, 5.41) is 3.26. The highest BCUT2D eigenvalue weighted by Crippen LogP contribution is 2.19. The standard InChI is InChI=1S/C20H18ClN3O4S/c1-14(28-18-8-4-15(21)5-9-18)20(25)23-16-6-10-19(11-7-16)29(26,27)24-17-3-2-12-22-13-17/h2-14,24H,1H3,(H,23,25). The number of ether oxygens (including phenoxy) is 1. The number of sulfonamides is 1. The summed E-state index contributed by atoms with van der Waals surface area (Å²) in [6.45, 7) is 1.61. The predicted molar refractivity (Wildman–Crippen MR) is 112 cm³/mol. The van der Waals surface area contributed by atoms with E-state index in [2.05, 4.69) is 15.0 Å². The third kappa shape index (κ3) is 5.69. The highest BCUT2D eigenvalue weighted by molar-refractivity contribution is 7.92. The van der Waals surface area contributed by atoms with Gasteiger partial charge in [-0.1, -0.05) is 11.6 Å². The van der Waals surface area contributed by atoms with Crippen LogP contribution in [0.5, 0.6) is 5.75 Å². The van der Waals surface area contributed by atoms with Gasteiger partial charge in [-0.2, -0.15) is 0 Å². The van der Waals surface area contributed by atoms with Crippen LogP contribution in [-0.2, 0) is 14.8 Å². The molecule has 29 heavy (non-hydrogen) atoms. The van der Waals surface area contributed by atoms with Crippen molar-refractivity contribution in [1.29, 1.82) is 0 Å². The number of nitrogens with one attached hydrogen (secondary N) is 2. The molecule has 9 heteroatoms. The van der Waals surface area contributed by atoms with Gasteiger partial charge in [-0.15, -0.1) is 0 Å². The first kappa shape index (κ1) is 20.6. The lowest BCUT2D eigenvalue weighted by Gasteiger charge is -2.15. The van der Waals surface area contributed by atoms with Crippen molar-refractivity contribution in [1.82, 2.24) is 4.98 Å². The van der Waals surface area contributed by atoms with Crippen LogP contribution in [-0.4, -0.2) is 25.4 Å². The highest BCUT2D eigenvalue weighted by Gasteiger charge is 2.17. The average Bonchev–Trinajstić information content (AvgIpc) is 2.70. The van der Waals surface area contributed by atoms with Crippen LogP contribution in [0.3, 0.4) is 0 Å². The fraction of sp³-hybridized carbons (Fsp3) is 0.100. The molecule has 7 nitrogen and oxygen atoms in total. The van der Waals surface area contributed by atoms with Crippen LogP contribution in [0.1, 0.15) is 6.92 Å². The molecule has 150 valence electrons. The predicted octanol–water partition coefficient (Wildman–Crippen LogP) is 3.94. The summed E-state index contributed by atoms with van der Waals surface area (Å²) in [7, 11) is -3.76. The lowest BCUT2D eigenvalue weighted by Crippen LogP contribution is -2.30. The molecule has 2 aromatic carbocycles. The van der Waals surface area contributed by atoms with Crippen molar-refractivity contribution < 1.29 is 17.9 Å². The zero-order valence-electron chi connectivity index (χ0n) is 15.4. The van der Waals surface area contributed by atoms with Crippen LogP contribution in [0, 0.1) is 0 Å². The lowest BCUT2D eigenvalue weighted by molar-refractivity contribution is -0.122. The Morgan fingerprint density at radius 1 is 1.03 bits per heavy atom. The van der Waals surface area contributed by atoms with E-state index in [0.717, 1.165) is 0 Å². The molecule has 1 amide bonds. The van der Waals surface area contributed by atoms with E-state index in [0.29, 0.717) is 22.1 Å². The zero-order valence-corrected chi connectivity index (χ0v) is 16.9. The molecule has 0 fully saturated rings. The van der Waals surface area contributed by atoms with Crippen LogP contribution in [0.25, 0.3) is 0 Å². The molecule has 0 aliphatic rings. The van der Waals surface area contributed by atoms with E-state index in [4.69, 9.17) is 16.3 Å². The molecule has 1 heterocycles. The van der Waals surface area contributed by atoms with E-state index >= 15 is 0 Å². The van der Waals surface area contributed by atoms with Crippen molar-refractivity contribution in [2.75, 3.05) is 10.0 Å². The monoisotopic (exact) mass is 431 g/mol. The van der Waals surface area contributed by atoms with Gasteiger partial charge in [-0.05, 0) is 67.6 Å². The molecule has 2 N–H and O–H groups in total. The number of aromatic nitrogens is 1. The summed E-state index contributed by atoms with van der Waals surface area (Å²) >= 11 is 5.82. The molecule has 3 aromatic rings. The number of amides is 1. The van der Waals surface area contributed by atoms with Gasteiger partial charge in [-0.25, -0.2) is 8.42 Å². The maximum atomic E-state index is 12.4. The first-order valence-electron chi connectivity index (χ1n) is 8.59. The fourth-order valence-electron chi connectivity index (χ4n) is 2.37.